The fraction of sp³-hybridized carbons (Fsp3) is 0.353. The van der Waals surface area contributed by atoms with E-state index in [-0.39, 0.29) is 17.7 Å². The first-order chi connectivity index (χ1) is 10.7. The third kappa shape index (κ3) is 2.73. The van der Waals surface area contributed by atoms with Gasteiger partial charge in [-0.15, -0.1) is 0 Å². The average molecular weight is 296 g/mol. The molecule has 0 bridgehead atoms. The zero-order valence-electron chi connectivity index (χ0n) is 12.3. The summed E-state index contributed by atoms with van der Waals surface area (Å²) in [6, 6.07) is 11.4. The van der Waals surface area contributed by atoms with Crippen molar-refractivity contribution in [2.24, 2.45) is 5.41 Å². The van der Waals surface area contributed by atoms with E-state index in [1.807, 2.05) is 24.3 Å². The van der Waals surface area contributed by atoms with Gasteiger partial charge in [-0.05, 0) is 30.4 Å². The van der Waals surface area contributed by atoms with Crippen molar-refractivity contribution in [1.29, 1.82) is 5.26 Å². The molecular formula is C17H16N2O3. The minimum Gasteiger partial charge on any atom is -0.481 e. The predicted molar refractivity (Wildman–Crippen MR) is 80.5 cm³/mol. The number of methoxy groups -OCH3 is 1. The minimum atomic E-state index is -0.478. The lowest BCUT2D eigenvalue weighted by molar-refractivity contribution is 0.0412. The Labute approximate surface area is 128 Å². The Bertz CT molecular complexity index is 760. The standard InChI is InChI=1S/C17H16N2O3/c1-21-15-13-5-3-2-4-12(13)10-14(19-15)16(20)22-11-17(6-7-17)8-9-18/h2-5,10H,6-8,11H2,1H3. The molecule has 1 fully saturated rings. The lowest BCUT2D eigenvalue weighted by Gasteiger charge is -2.12. The number of ether oxygens (including phenoxy) is 2. The van der Waals surface area contributed by atoms with E-state index in [9.17, 15) is 4.79 Å². The van der Waals surface area contributed by atoms with E-state index in [1.54, 1.807) is 6.07 Å². The van der Waals surface area contributed by atoms with Gasteiger partial charge >= 0.3 is 5.97 Å². The Morgan fingerprint density at radius 3 is 2.86 bits per heavy atom. The molecule has 0 spiro atoms. The monoisotopic (exact) mass is 296 g/mol. The highest BCUT2D eigenvalue weighted by molar-refractivity contribution is 5.95. The molecule has 0 atom stereocenters. The molecule has 0 saturated heterocycles. The van der Waals surface area contributed by atoms with Gasteiger partial charge in [0.25, 0.3) is 0 Å². The average Bonchev–Trinajstić information content (AvgIpc) is 3.32. The van der Waals surface area contributed by atoms with Gasteiger partial charge in [0.1, 0.15) is 0 Å². The van der Waals surface area contributed by atoms with Crippen molar-refractivity contribution in [2.45, 2.75) is 19.3 Å². The van der Waals surface area contributed by atoms with Gasteiger partial charge in [-0.2, -0.15) is 5.26 Å². The minimum absolute atomic E-state index is 0.134. The Hall–Kier alpha value is -2.61. The van der Waals surface area contributed by atoms with Crippen LogP contribution in [-0.2, 0) is 4.74 Å². The van der Waals surface area contributed by atoms with Crippen LogP contribution < -0.4 is 4.74 Å². The number of hydrogen-bond donors (Lipinski definition) is 0. The number of carbonyl (C=O) groups is 1. The number of nitriles is 1. The van der Waals surface area contributed by atoms with Gasteiger partial charge in [-0.25, -0.2) is 9.78 Å². The number of benzene rings is 1. The Kier molecular flexibility index (Phi) is 3.68. The van der Waals surface area contributed by atoms with Crippen molar-refractivity contribution in [3.8, 4) is 11.9 Å². The summed E-state index contributed by atoms with van der Waals surface area (Å²) in [5, 5.41) is 10.5. The molecule has 1 aromatic heterocycles. The maximum atomic E-state index is 12.2. The van der Waals surface area contributed by atoms with Gasteiger partial charge < -0.3 is 9.47 Å². The highest BCUT2D eigenvalue weighted by Gasteiger charge is 2.43. The number of pyridine rings is 1. The quantitative estimate of drug-likeness (QED) is 0.793. The van der Waals surface area contributed by atoms with E-state index >= 15 is 0 Å². The van der Waals surface area contributed by atoms with Crippen LogP contribution in [-0.4, -0.2) is 24.7 Å². The van der Waals surface area contributed by atoms with Gasteiger partial charge in [0.15, 0.2) is 5.69 Å². The molecule has 0 amide bonds. The third-order valence-corrected chi connectivity index (χ3v) is 4.03. The van der Waals surface area contributed by atoms with Crippen molar-refractivity contribution < 1.29 is 14.3 Å². The normalized spacial score (nSPS) is 15.1. The largest absolute Gasteiger partial charge is 0.481 e. The summed E-state index contributed by atoms with van der Waals surface area (Å²) >= 11 is 0. The summed E-state index contributed by atoms with van der Waals surface area (Å²) in [6.07, 6.45) is 2.29. The van der Waals surface area contributed by atoms with Crippen LogP contribution in [0.25, 0.3) is 10.8 Å². The van der Waals surface area contributed by atoms with Crippen LogP contribution >= 0.6 is 0 Å². The molecule has 0 radical (unpaired) electrons. The second-order valence-corrected chi connectivity index (χ2v) is 5.65. The Morgan fingerprint density at radius 2 is 2.18 bits per heavy atom. The lowest BCUT2D eigenvalue weighted by Crippen LogP contribution is -2.16. The summed E-state index contributed by atoms with van der Waals surface area (Å²) in [6.45, 7) is 0.274. The van der Waals surface area contributed by atoms with E-state index in [0.717, 1.165) is 23.6 Å². The van der Waals surface area contributed by atoms with E-state index in [1.165, 1.54) is 7.11 Å². The summed E-state index contributed by atoms with van der Waals surface area (Å²) in [5.41, 5.74) is 0.0917. The van der Waals surface area contributed by atoms with Gasteiger partial charge in [0.05, 0.1) is 19.8 Å². The number of nitrogens with zero attached hydrogens (tertiary/aromatic N) is 2. The van der Waals surface area contributed by atoms with Gasteiger partial charge in [0, 0.05) is 17.2 Å². The molecule has 1 saturated carbocycles. The highest BCUT2D eigenvalue weighted by Crippen LogP contribution is 2.48. The van der Waals surface area contributed by atoms with E-state index in [2.05, 4.69) is 11.1 Å². The second kappa shape index (κ2) is 5.64. The molecule has 1 aliphatic rings. The maximum Gasteiger partial charge on any atom is 0.357 e. The molecule has 5 heteroatoms. The number of hydrogen-bond acceptors (Lipinski definition) is 5. The SMILES string of the molecule is COc1nc(C(=O)OCC2(CC#N)CC2)cc2ccccc12. The molecule has 3 rings (SSSR count). The lowest BCUT2D eigenvalue weighted by atomic mass is 10.1. The van der Waals surface area contributed by atoms with E-state index in [0.29, 0.717) is 12.3 Å². The molecule has 2 aromatic rings. The molecular weight excluding hydrogens is 280 g/mol. The van der Waals surface area contributed by atoms with Crippen molar-refractivity contribution >= 4 is 16.7 Å². The number of fused-ring (bicyclic) bond motifs is 1. The molecule has 1 aliphatic carbocycles. The van der Waals surface area contributed by atoms with Crippen LogP contribution in [0.2, 0.25) is 0 Å². The molecule has 0 N–H and O–H groups in total. The molecule has 0 unspecified atom stereocenters. The molecule has 0 aliphatic heterocycles. The van der Waals surface area contributed by atoms with Gasteiger partial charge in [-0.1, -0.05) is 18.2 Å². The van der Waals surface area contributed by atoms with Crippen molar-refractivity contribution in [3.05, 3.63) is 36.0 Å². The number of esters is 1. The smallest absolute Gasteiger partial charge is 0.357 e. The van der Waals surface area contributed by atoms with Crippen LogP contribution in [0.1, 0.15) is 29.8 Å². The van der Waals surface area contributed by atoms with Crippen molar-refractivity contribution in [1.82, 2.24) is 4.98 Å². The van der Waals surface area contributed by atoms with Crippen LogP contribution in [0, 0.1) is 16.7 Å². The highest BCUT2D eigenvalue weighted by atomic mass is 16.5. The van der Waals surface area contributed by atoms with Crippen molar-refractivity contribution in [3.63, 3.8) is 0 Å². The van der Waals surface area contributed by atoms with Crippen LogP contribution in [0.5, 0.6) is 5.88 Å². The molecule has 5 nitrogen and oxygen atoms in total. The zero-order chi connectivity index (χ0) is 15.6. The molecule has 22 heavy (non-hydrogen) atoms. The van der Waals surface area contributed by atoms with Gasteiger partial charge in [0.2, 0.25) is 5.88 Å². The van der Waals surface area contributed by atoms with E-state index < -0.39 is 5.97 Å². The maximum absolute atomic E-state index is 12.2. The molecule has 1 heterocycles. The summed E-state index contributed by atoms with van der Waals surface area (Å²) in [7, 11) is 1.52. The summed E-state index contributed by atoms with van der Waals surface area (Å²) < 4.78 is 10.6. The fourth-order valence-electron chi connectivity index (χ4n) is 2.44. The number of aromatic nitrogens is 1. The Balaban J connectivity index is 1.81. The first-order valence-electron chi connectivity index (χ1n) is 7.15. The topological polar surface area (TPSA) is 72.2 Å². The van der Waals surface area contributed by atoms with E-state index in [4.69, 9.17) is 14.7 Å². The summed E-state index contributed by atoms with van der Waals surface area (Å²) in [4.78, 5) is 16.4. The molecule has 112 valence electrons. The summed E-state index contributed by atoms with van der Waals surface area (Å²) in [5.74, 6) is -0.0727. The number of carbonyl (C=O) groups excluding carboxylic acids is 1. The van der Waals surface area contributed by atoms with Crippen LogP contribution in [0.15, 0.2) is 30.3 Å². The Morgan fingerprint density at radius 1 is 1.41 bits per heavy atom. The van der Waals surface area contributed by atoms with Crippen LogP contribution in [0.3, 0.4) is 0 Å². The number of rotatable bonds is 5. The van der Waals surface area contributed by atoms with Crippen LogP contribution in [0.4, 0.5) is 0 Å². The second-order valence-electron chi connectivity index (χ2n) is 5.65. The predicted octanol–water partition coefficient (Wildman–Crippen LogP) is 3.09. The zero-order valence-corrected chi connectivity index (χ0v) is 12.3. The fourth-order valence-corrected chi connectivity index (χ4v) is 2.44. The first-order valence-corrected chi connectivity index (χ1v) is 7.15. The third-order valence-electron chi connectivity index (χ3n) is 4.03. The van der Waals surface area contributed by atoms with Gasteiger partial charge in [-0.3, -0.25) is 0 Å². The first kappa shape index (κ1) is 14.3. The molecule has 1 aromatic carbocycles. The van der Waals surface area contributed by atoms with Crippen molar-refractivity contribution in [2.75, 3.05) is 13.7 Å².